The third-order valence-electron chi connectivity index (χ3n) is 9.55. The van der Waals surface area contributed by atoms with Gasteiger partial charge in [0.15, 0.2) is 11.5 Å². The molecule has 0 spiro atoms. The van der Waals surface area contributed by atoms with Crippen LogP contribution in [0.15, 0.2) is 139 Å². The maximum atomic E-state index is 11.9. The molecule has 1 fully saturated rings. The quantitative estimate of drug-likeness (QED) is 0.0772. The van der Waals surface area contributed by atoms with Gasteiger partial charge in [0.1, 0.15) is 24.4 Å². The minimum absolute atomic E-state index is 0.151. The maximum absolute atomic E-state index is 11.9. The molecule has 0 unspecified atom stereocenters. The Labute approximate surface area is 334 Å². The molecule has 10 heteroatoms. The van der Waals surface area contributed by atoms with Gasteiger partial charge in [0.05, 0.1) is 47.3 Å². The Morgan fingerprint density at radius 2 is 1.07 bits per heavy atom. The predicted molar refractivity (Wildman–Crippen MR) is 216 cm³/mol. The first-order chi connectivity index (χ1) is 27.9. The van der Waals surface area contributed by atoms with Gasteiger partial charge in [0.25, 0.3) is 0 Å². The fourth-order valence-electron chi connectivity index (χ4n) is 6.57. The first-order valence-corrected chi connectivity index (χ1v) is 19.1. The smallest absolute Gasteiger partial charge is 0.331 e. The van der Waals surface area contributed by atoms with E-state index >= 15 is 0 Å². The molecular formula is C47H50O10. The van der Waals surface area contributed by atoms with Crippen molar-refractivity contribution < 1.29 is 47.8 Å². The van der Waals surface area contributed by atoms with Crippen molar-refractivity contribution in [3.8, 4) is 17.2 Å². The van der Waals surface area contributed by atoms with Crippen molar-refractivity contribution in [2.24, 2.45) is 0 Å². The van der Waals surface area contributed by atoms with E-state index in [-0.39, 0.29) is 31.1 Å². The standard InChI is InChI=1S/C47H50O10/c1-4-38(46(48)49)25-37-26-39(50-2)42(40(27-37)51-3)57-47-45(55-31-36-23-15-8-16-24-36)44(54-30-35-21-13-7-14-22-35)43(53-29-34-19-11-6-12-20-34)41(56-47)32-52-28-33-17-9-5-10-18-33/h5-27,41,43-45,47H,4,28-32H2,1-3H3,(H,48,49)/t41-,43+,44+,45-,47+/m1/s1. The van der Waals surface area contributed by atoms with Crippen molar-refractivity contribution in [2.75, 3.05) is 20.8 Å². The van der Waals surface area contributed by atoms with E-state index in [0.717, 1.165) is 22.3 Å². The summed E-state index contributed by atoms with van der Waals surface area (Å²) in [6.07, 6.45) is -2.06. The first kappa shape index (κ1) is 41.2. The minimum Gasteiger partial charge on any atom is -0.493 e. The number of carbonyl (C=O) groups is 1. The lowest BCUT2D eigenvalue weighted by atomic mass is 9.97. The van der Waals surface area contributed by atoms with Crippen molar-refractivity contribution in [2.45, 2.75) is 70.5 Å². The summed E-state index contributed by atoms with van der Waals surface area (Å²) in [4.78, 5) is 11.9. The summed E-state index contributed by atoms with van der Waals surface area (Å²) in [7, 11) is 3.02. The lowest BCUT2D eigenvalue weighted by Crippen LogP contribution is -2.62. The molecule has 1 aliphatic heterocycles. The van der Waals surface area contributed by atoms with Crippen LogP contribution < -0.4 is 14.2 Å². The van der Waals surface area contributed by atoms with Crippen molar-refractivity contribution in [1.82, 2.24) is 0 Å². The number of carboxylic acids is 1. The summed E-state index contributed by atoms with van der Waals surface area (Å²) in [5, 5.41) is 9.72. The van der Waals surface area contributed by atoms with E-state index in [1.165, 1.54) is 14.2 Å². The highest BCUT2D eigenvalue weighted by atomic mass is 16.7. The zero-order chi connectivity index (χ0) is 39.8. The van der Waals surface area contributed by atoms with Crippen LogP contribution in [0.5, 0.6) is 17.2 Å². The Morgan fingerprint density at radius 3 is 1.51 bits per heavy atom. The van der Waals surface area contributed by atoms with E-state index in [0.29, 0.717) is 36.7 Å². The molecule has 5 atom stereocenters. The normalized spacial score (nSPS) is 19.5. The number of aliphatic carboxylic acids is 1. The Bertz CT molecular complexity index is 1960. The topological polar surface area (TPSA) is 111 Å². The summed E-state index contributed by atoms with van der Waals surface area (Å²) in [6.45, 7) is 3.08. The minimum atomic E-state index is -1.08. The fourth-order valence-corrected chi connectivity index (χ4v) is 6.57. The van der Waals surface area contributed by atoms with Gasteiger partial charge in [-0.25, -0.2) is 4.79 Å². The van der Waals surface area contributed by atoms with E-state index in [1.807, 2.05) is 121 Å². The molecule has 1 aliphatic rings. The van der Waals surface area contributed by atoms with Gasteiger partial charge in [-0.15, -0.1) is 0 Å². The highest BCUT2D eigenvalue weighted by Gasteiger charge is 2.50. The number of hydrogen-bond donors (Lipinski definition) is 1. The second-order valence-corrected chi connectivity index (χ2v) is 13.5. The second-order valence-electron chi connectivity index (χ2n) is 13.5. The SMILES string of the molecule is CCC(=Cc1cc(OC)c(O[C@@H]2O[C@H](COCc3ccccc3)[C@H](OCc3ccccc3)[C@H](OCc3ccccc3)[C@H]2OCc2ccccc2)c(OC)c1)C(=O)O. The van der Waals surface area contributed by atoms with Gasteiger partial charge in [0, 0.05) is 5.57 Å². The molecular weight excluding hydrogens is 725 g/mol. The molecule has 0 aliphatic carbocycles. The number of hydrogen-bond acceptors (Lipinski definition) is 9. The molecule has 0 saturated carbocycles. The van der Waals surface area contributed by atoms with Gasteiger partial charge in [-0.3, -0.25) is 0 Å². The van der Waals surface area contributed by atoms with Crippen molar-refractivity contribution in [3.63, 3.8) is 0 Å². The van der Waals surface area contributed by atoms with E-state index in [9.17, 15) is 9.90 Å². The van der Waals surface area contributed by atoms with Gasteiger partial charge in [-0.2, -0.15) is 0 Å². The molecule has 1 N–H and O–H groups in total. The van der Waals surface area contributed by atoms with Crippen molar-refractivity contribution in [1.29, 1.82) is 0 Å². The van der Waals surface area contributed by atoms with Crippen LogP contribution in [0.1, 0.15) is 41.2 Å². The number of methoxy groups -OCH3 is 2. The third kappa shape index (κ3) is 11.5. The summed E-state index contributed by atoms with van der Waals surface area (Å²) in [5.41, 5.74) is 4.73. The largest absolute Gasteiger partial charge is 0.493 e. The van der Waals surface area contributed by atoms with Gasteiger partial charge in [0.2, 0.25) is 12.0 Å². The van der Waals surface area contributed by atoms with Gasteiger partial charge < -0.3 is 43.0 Å². The van der Waals surface area contributed by atoms with Crippen LogP contribution >= 0.6 is 0 Å². The zero-order valence-corrected chi connectivity index (χ0v) is 32.5. The molecule has 0 radical (unpaired) electrons. The average molecular weight is 775 g/mol. The second kappa shape index (κ2) is 21.2. The number of carboxylic acid groups (broad SMARTS) is 1. The highest BCUT2D eigenvalue weighted by molar-refractivity contribution is 5.92. The molecule has 0 bridgehead atoms. The van der Waals surface area contributed by atoms with E-state index in [4.69, 9.17) is 37.9 Å². The predicted octanol–water partition coefficient (Wildman–Crippen LogP) is 8.66. The molecule has 5 aromatic rings. The Hall–Kier alpha value is -5.49. The van der Waals surface area contributed by atoms with Crippen LogP contribution in [0.2, 0.25) is 0 Å². The molecule has 0 amide bonds. The summed E-state index contributed by atoms with van der Waals surface area (Å²) >= 11 is 0. The fraction of sp³-hybridized carbons (Fsp3) is 0.298. The molecule has 6 rings (SSSR count). The molecule has 57 heavy (non-hydrogen) atoms. The molecule has 1 heterocycles. The maximum Gasteiger partial charge on any atom is 0.331 e. The third-order valence-corrected chi connectivity index (χ3v) is 9.55. The number of benzene rings is 5. The molecule has 5 aromatic carbocycles. The van der Waals surface area contributed by atoms with Crippen LogP contribution in [0.4, 0.5) is 0 Å². The lowest BCUT2D eigenvalue weighted by Gasteiger charge is -2.45. The average Bonchev–Trinajstić information content (AvgIpc) is 3.25. The first-order valence-electron chi connectivity index (χ1n) is 19.1. The van der Waals surface area contributed by atoms with Crippen molar-refractivity contribution >= 4 is 12.0 Å². The molecule has 0 aromatic heterocycles. The van der Waals surface area contributed by atoms with E-state index in [2.05, 4.69) is 0 Å². The molecule has 1 saturated heterocycles. The van der Waals surface area contributed by atoms with E-state index in [1.54, 1.807) is 25.1 Å². The van der Waals surface area contributed by atoms with Crippen LogP contribution in [-0.2, 0) is 54.9 Å². The van der Waals surface area contributed by atoms with Crippen LogP contribution in [0.25, 0.3) is 6.08 Å². The zero-order valence-electron chi connectivity index (χ0n) is 32.5. The number of ether oxygens (including phenoxy) is 8. The summed E-state index contributed by atoms with van der Waals surface area (Å²) in [6, 6.07) is 43.0. The van der Waals surface area contributed by atoms with E-state index < -0.39 is 36.7 Å². The van der Waals surface area contributed by atoms with Crippen LogP contribution in [0.3, 0.4) is 0 Å². The van der Waals surface area contributed by atoms with Gasteiger partial charge >= 0.3 is 5.97 Å². The van der Waals surface area contributed by atoms with Crippen LogP contribution in [0, 0.1) is 0 Å². The molecule has 298 valence electrons. The van der Waals surface area contributed by atoms with Gasteiger partial charge in [-0.1, -0.05) is 128 Å². The Morgan fingerprint density at radius 1 is 0.632 bits per heavy atom. The lowest BCUT2D eigenvalue weighted by molar-refractivity contribution is -0.310. The summed E-state index contributed by atoms with van der Waals surface area (Å²) < 4.78 is 52.1. The summed E-state index contributed by atoms with van der Waals surface area (Å²) in [5.74, 6) is -0.130. The Kier molecular flexibility index (Phi) is 15.3. The van der Waals surface area contributed by atoms with Crippen molar-refractivity contribution in [3.05, 3.63) is 167 Å². The number of rotatable bonds is 20. The van der Waals surface area contributed by atoms with Crippen LogP contribution in [-0.4, -0.2) is 62.6 Å². The van der Waals surface area contributed by atoms with Gasteiger partial charge in [-0.05, 0) is 52.4 Å². The highest BCUT2D eigenvalue weighted by Crippen LogP contribution is 2.42. The monoisotopic (exact) mass is 774 g/mol. The molecule has 10 nitrogen and oxygen atoms in total. The Balaban J connectivity index is 1.40.